The zero-order valence-corrected chi connectivity index (χ0v) is 11.6. The molecule has 0 fully saturated rings. The average molecular weight is 253 g/mol. The van der Waals surface area contributed by atoms with Crippen LogP contribution in [0.15, 0.2) is 12.1 Å². The van der Waals surface area contributed by atoms with Crippen LogP contribution < -0.4 is 14.8 Å². The van der Waals surface area contributed by atoms with Crippen molar-refractivity contribution in [2.24, 2.45) is 0 Å². The molecule has 0 aliphatic carbocycles. The third-order valence-corrected chi connectivity index (χ3v) is 2.52. The summed E-state index contributed by atoms with van der Waals surface area (Å²) in [6.07, 6.45) is 0.691. The molecule has 0 aliphatic rings. The average Bonchev–Trinajstić information content (AvgIpc) is 2.30. The minimum absolute atomic E-state index is 0.338. The standard InChI is InChI=1S/C13H19NO2S/c1-9(2)14-11-8-12(15-3)10(5-6-17)7-13(11)16-4/h6-9,14H,5H2,1-4H3. The van der Waals surface area contributed by atoms with Crippen molar-refractivity contribution in [1.29, 1.82) is 0 Å². The number of methoxy groups -OCH3 is 2. The SMILES string of the molecule is COc1cc(NC(C)C)c(OC)cc1CC=S. The molecule has 4 heteroatoms. The lowest BCUT2D eigenvalue weighted by molar-refractivity contribution is 0.401. The van der Waals surface area contributed by atoms with Gasteiger partial charge in [-0.25, -0.2) is 0 Å². The molecule has 17 heavy (non-hydrogen) atoms. The minimum atomic E-state index is 0.338. The van der Waals surface area contributed by atoms with E-state index in [1.54, 1.807) is 19.6 Å². The summed E-state index contributed by atoms with van der Waals surface area (Å²) >= 11 is 4.89. The molecule has 0 aromatic heterocycles. The highest BCUT2D eigenvalue weighted by Crippen LogP contribution is 2.33. The fraction of sp³-hybridized carbons (Fsp3) is 0.462. The van der Waals surface area contributed by atoms with Crippen LogP contribution in [0.25, 0.3) is 0 Å². The Morgan fingerprint density at radius 3 is 2.35 bits per heavy atom. The Kier molecular flexibility index (Phi) is 5.22. The number of hydrogen-bond donors (Lipinski definition) is 1. The summed E-state index contributed by atoms with van der Waals surface area (Å²) in [5.41, 5.74) is 1.97. The zero-order chi connectivity index (χ0) is 12.8. The first kappa shape index (κ1) is 13.8. The summed E-state index contributed by atoms with van der Waals surface area (Å²) in [5.74, 6) is 1.64. The van der Waals surface area contributed by atoms with Gasteiger partial charge in [0.15, 0.2) is 0 Å². The van der Waals surface area contributed by atoms with E-state index in [4.69, 9.17) is 21.7 Å². The first-order valence-electron chi connectivity index (χ1n) is 5.57. The Morgan fingerprint density at radius 2 is 1.88 bits per heavy atom. The van der Waals surface area contributed by atoms with Crippen molar-refractivity contribution in [3.05, 3.63) is 17.7 Å². The van der Waals surface area contributed by atoms with Gasteiger partial charge >= 0.3 is 0 Å². The normalized spacial score (nSPS) is 10.2. The second-order valence-electron chi connectivity index (χ2n) is 4.03. The van der Waals surface area contributed by atoms with E-state index < -0.39 is 0 Å². The lowest BCUT2D eigenvalue weighted by Gasteiger charge is -2.17. The van der Waals surface area contributed by atoms with Crippen LogP contribution in [0.3, 0.4) is 0 Å². The van der Waals surface area contributed by atoms with E-state index in [9.17, 15) is 0 Å². The van der Waals surface area contributed by atoms with Gasteiger partial charge in [0.05, 0.1) is 19.9 Å². The van der Waals surface area contributed by atoms with Gasteiger partial charge in [0.1, 0.15) is 11.5 Å². The third kappa shape index (κ3) is 3.60. The van der Waals surface area contributed by atoms with E-state index in [1.165, 1.54) is 0 Å². The van der Waals surface area contributed by atoms with Crippen molar-refractivity contribution in [3.63, 3.8) is 0 Å². The lowest BCUT2D eigenvalue weighted by atomic mass is 10.1. The molecule has 0 saturated carbocycles. The smallest absolute Gasteiger partial charge is 0.142 e. The predicted octanol–water partition coefficient (Wildman–Crippen LogP) is 3.07. The number of benzene rings is 1. The Hall–Kier alpha value is -1.29. The number of rotatable bonds is 6. The summed E-state index contributed by atoms with van der Waals surface area (Å²) in [4.78, 5) is 0. The molecule has 1 aromatic carbocycles. The summed E-state index contributed by atoms with van der Waals surface area (Å²) in [5, 5.41) is 5.01. The molecule has 0 saturated heterocycles. The van der Waals surface area contributed by atoms with E-state index in [2.05, 4.69) is 19.2 Å². The molecule has 0 radical (unpaired) electrons. The van der Waals surface area contributed by atoms with Gasteiger partial charge in [-0.15, -0.1) is 0 Å². The lowest BCUT2D eigenvalue weighted by Crippen LogP contribution is -2.11. The molecule has 0 amide bonds. The van der Waals surface area contributed by atoms with E-state index >= 15 is 0 Å². The maximum atomic E-state index is 5.37. The summed E-state index contributed by atoms with van der Waals surface area (Å²) in [7, 11) is 3.32. The van der Waals surface area contributed by atoms with Crippen LogP contribution in [0.5, 0.6) is 11.5 Å². The van der Waals surface area contributed by atoms with Crippen LogP contribution in [-0.2, 0) is 6.42 Å². The second-order valence-corrected chi connectivity index (χ2v) is 4.37. The number of thiocarbonyl (C=S) groups is 1. The highest BCUT2D eigenvalue weighted by atomic mass is 32.1. The highest BCUT2D eigenvalue weighted by molar-refractivity contribution is 7.78. The quantitative estimate of drug-likeness (QED) is 0.789. The van der Waals surface area contributed by atoms with Gasteiger partial charge in [0, 0.05) is 24.1 Å². The number of ether oxygens (including phenoxy) is 2. The van der Waals surface area contributed by atoms with E-state index in [0.29, 0.717) is 12.5 Å². The van der Waals surface area contributed by atoms with Gasteiger partial charge in [-0.1, -0.05) is 12.2 Å². The zero-order valence-electron chi connectivity index (χ0n) is 10.7. The molecule has 0 heterocycles. The summed E-state index contributed by atoms with van der Waals surface area (Å²) in [6, 6.07) is 4.25. The van der Waals surface area contributed by atoms with Crippen LogP contribution in [-0.4, -0.2) is 25.6 Å². The van der Waals surface area contributed by atoms with Crippen molar-refractivity contribution in [1.82, 2.24) is 0 Å². The maximum Gasteiger partial charge on any atom is 0.142 e. The molecule has 1 aromatic rings. The minimum Gasteiger partial charge on any atom is -0.496 e. The number of nitrogens with one attached hydrogen (secondary N) is 1. The van der Waals surface area contributed by atoms with Gasteiger partial charge in [-0.3, -0.25) is 0 Å². The van der Waals surface area contributed by atoms with E-state index in [-0.39, 0.29) is 0 Å². The van der Waals surface area contributed by atoms with Crippen molar-refractivity contribution >= 4 is 23.3 Å². The first-order valence-corrected chi connectivity index (χ1v) is 6.04. The van der Waals surface area contributed by atoms with Gasteiger partial charge in [-0.05, 0) is 25.3 Å². The Balaban J connectivity index is 3.17. The Bertz CT molecular complexity index is 391. The van der Waals surface area contributed by atoms with Crippen LogP contribution in [0, 0.1) is 0 Å². The van der Waals surface area contributed by atoms with Crippen LogP contribution in [0.2, 0.25) is 0 Å². The molecule has 0 aliphatic heterocycles. The van der Waals surface area contributed by atoms with Gasteiger partial charge in [0.2, 0.25) is 0 Å². The van der Waals surface area contributed by atoms with Gasteiger partial charge < -0.3 is 14.8 Å². The number of anilines is 1. The molecule has 94 valence electrons. The molecule has 1 N–H and O–H groups in total. The fourth-order valence-electron chi connectivity index (χ4n) is 1.63. The van der Waals surface area contributed by atoms with Crippen molar-refractivity contribution in [2.45, 2.75) is 26.3 Å². The summed E-state index contributed by atoms with van der Waals surface area (Å²) < 4.78 is 10.7. The molecule has 0 atom stereocenters. The predicted molar refractivity (Wildman–Crippen MR) is 75.7 cm³/mol. The molecular formula is C13H19NO2S. The first-order chi connectivity index (χ1) is 8.12. The molecule has 1 rings (SSSR count). The third-order valence-electron chi connectivity index (χ3n) is 2.35. The van der Waals surface area contributed by atoms with Crippen molar-refractivity contribution in [3.8, 4) is 11.5 Å². The topological polar surface area (TPSA) is 30.5 Å². The number of hydrogen-bond acceptors (Lipinski definition) is 4. The second kappa shape index (κ2) is 6.45. The Morgan fingerprint density at radius 1 is 1.24 bits per heavy atom. The monoisotopic (exact) mass is 253 g/mol. The summed E-state index contributed by atoms with van der Waals surface area (Å²) in [6.45, 7) is 4.16. The van der Waals surface area contributed by atoms with Gasteiger partial charge in [-0.2, -0.15) is 0 Å². The highest BCUT2D eigenvalue weighted by Gasteiger charge is 2.11. The molecular weight excluding hydrogens is 234 g/mol. The van der Waals surface area contributed by atoms with Gasteiger partial charge in [0.25, 0.3) is 0 Å². The molecule has 0 bridgehead atoms. The van der Waals surface area contributed by atoms with Crippen molar-refractivity contribution in [2.75, 3.05) is 19.5 Å². The Labute approximate surface area is 108 Å². The molecule has 0 unspecified atom stereocenters. The molecule has 3 nitrogen and oxygen atoms in total. The van der Waals surface area contributed by atoms with Crippen molar-refractivity contribution < 1.29 is 9.47 Å². The van der Waals surface area contributed by atoms with Crippen LogP contribution in [0.4, 0.5) is 5.69 Å². The van der Waals surface area contributed by atoms with Crippen LogP contribution >= 0.6 is 12.2 Å². The van der Waals surface area contributed by atoms with Crippen LogP contribution in [0.1, 0.15) is 19.4 Å². The molecule has 0 spiro atoms. The fourth-order valence-corrected chi connectivity index (χ4v) is 1.81. The van der Waals surface area contributed by atoms with E-state index in [0.717, 1.165) is 22.7 Å². The van der Waals surface area contributed by atoms with E-state index in [1.807, 2.05) is 12.1 Å². The maximum absolute atomic E-state index is 5.37. The largest absolute Gasteiger partial charge is 0.496 e.